The normalized spacial score (nSPS) is 15.9. The number of nitrogens with zero attached hydrogens (tertiary/aromatic N) is 5. The van der Waals surface area contributed by atoms with Gasteiger partial charge in [-0.15, -0.1) is 0 Å². The van der Waals surface area contributed by atoms with Crippen molar-refractivity contribution in [3.05, 3.63) is 39.0 Å². The Hall–Kier alpha value is -3.27. The standard InChI is InChI=1S/C21H27N5O5/c1-13-11-25(15-10-14(30-4)6-7-16(15)31-5)20-22-18-17(26(20)12-13)19(27)24(8-9-29-3)21(28)23(18)2/h6-7,10,13H,8-9,11-12H2,1-5H3/t13-/m0/s1. The van der Waals surface area contributed by atoms with Gasteiger partial charge < -0.3 is 23.7 Å². The fraction of sp³-hybridized carbons (Fsp3) is 0.476. The van der Waals surface area contributed by atoms with E-state index in [0.717, 1.165) is 5.69 Å². The van der Waals surface area contributed by atoms with E-state index >= 15 is 0 Å². The molecule has 166 valence electrons. The molecule has 0 saturated heterocycles. The Morgan fingerprint density at radius 3 is 2.58 bits per heavy atom. The van der Waals surface area contributed by atoms with E-state index in [0.29, 0.717) is 41.7 Å². The summed E-state index contributed by atoms with van der Waals surface area (Å²) in [6.45, 7) is 3.86. The number of hydrogen-bond acceptors (Lipinski definition) is 7. The van der Waals surface area contributed by atoms with Crippen LogP contribution in [0.15, 0.2) is 27.8 Å². The second kappa shape index (κ2) is 8.10. The van der Waals surface area contributed by atoms with Gasteiger partial charge in [-0.1, -0.05) is 6.92 Å². The number of aryl methyl sites for hydroxylation is 1. The van der Waals surface area contributed by atoms with Gasteiger partial charge in [0.15, 0.2) is 11.2 Å². The maximum absolute atomic E-state index is 13.3. The molecule has 3 aromatic rings. The number of fused-ring (bicyclic) bond motifs is 3. The van der Waals surface area contributed by atoms with Gasteiger partial charge in [0.2, 0.25) is 5.95 Å². The Bertz CT molecular complexity index is 1240. The van der Waals surface area contributed by atoms with Gasteiger partial charge >= 0.3 is 5.69 Å². The van der Waals surface area contributed by atoms with E-state index in [1.807, 2.05) is 27.7 Å². The molecule has 0 bridgehead atoms. The second-order valence-electron chi connectivity index (χ2n) is 7.74. The SMILES string of the molecule is COCCn1c(=O)c2c(nc3n2C[C@@H](C)CN3c2cc(OC)ccc2OC)n(C)c1=O. The first-order valence-electron chi connectivity index (χ1n) is 10.1. The van der Waals surface area contributed by atoms with E-state index in [2.05, 4.69) is 6.92 Å². The first kappa shape index (κ1) is 21.0. The molecule has 0 N–H and O–H groups in total. The largest absolute Gasteiger partial charge is 0.497 e. The quantitative estimate of drug-likeness (QED) is 0.584. The summed E-state index contributed by atoms with van der Waals surface area (Å²) >= 11 is 0. The minimum absolute atomic E-state index is 0.182. The van der Waals surface area contributed by atoms with E-state index in [-0.39, 0.29) is 24.6 Å². The highest BCUT2D eigenvalue weighted by atomic mass is 16.5. The predicted molar refractivity (Wildman–Crippen MR) is 117 cm³/mol. The lowest BCUT2D eigenvalue weighted by molar-refractivity contribution is 0.184. The van der Waals surface area contributed by atoms with E-state index in [9.17, 15) is 9.59 Å². The van der Waals surface area contributed by atoms with Crippen LogP contribution in [0, 0.1) is 5.92 Å². The van der Waals surface area contributed by atoms with Crippen LogP contribution in [0.2, 0.25) is 0 Å². The summed E-state index contributed by atoms with van der Waals surface area (Å²) < 4.78 is 20.6. The van der Waals surface area contributed by atoms with Gasteiger partial charge in [-0.2, -0.15) is 4.98 Å². The van der Waals surface area contributed by atoms with Crippen LogP contribution >= 0.6 is 0 Å². The van der Waals surface area contributed by atoms with E-state index < -0.39 is 5.69 Å². The van der Waals surface area contributed by atoms with Gasteiger partial charge in [-0.05, 0) is 18.1 Å². The van der Waals surface area contributed by atoms with Crippen LogP contribution in [-0.4, -0.2) is 53.2 Å². The number of hydrogen-bond donors (Lipinski definition) is 0. The maximum Gasteiger partial charge on any atom is 0.332 e. The van der Waals surface area contributed by atoms with Crippen LogP contribution in [0.25, 0.3) is 11.2 Å². The zero-order chi connectivity index (χ0) is 22.3. The first-order chi connectivity index (χ1) is 14.9. The van der Waals surface area contributed by atoms with Crippen molar-refractivity contribution in [1.82, 2.24) is 18.7 Å². The third-order valence-corrected chi connectivity index (χ3v) is 5.64. The van der Waals surface area contributed by atoms with Crippen LogP contribution in [-0.2, 0) is 24.9 Å². The summed E-state index contributed by atoms with van der Waals surface area (Å²) in [7, 11) is 6.39. The summed E-state index contributed by atoms with van der Waals surface area (Å²) in [5, 5.41) is 0. The average molecular weight is 429 g/mol. The number of rotatable bonds is 6. The molecule has 3 heterocycles. The molecule has 10 nitrogen and oxygen atoms in total. The number of imidazole rings is 1. The van der Waals surface area contributed by atoms with Crippen molar-refractivity contribution in [3.8, 4) is 11.5 Å². The van der Waals surface area contributed by atoms with Gasteiger partial charge in [0, 0.05) is 33.3 Å². The fourth-order valence-electron chi connectivity index (χ4n) is 4.10. The van der Waals surface area contributed by atoms with Crippen molar-refractivity contribution in [2.45, 2.75) is 20.0 Å². The van der Waals surface area contributed by atoms with Gasteiger partial charge in [-0.25, -0.2) is 4.79 Å². The molecular formula is C21H27N5O5. The highest BCUT2D eigenvalue weighted by Gasteiger charge is 2.31. The topological polar surface area (TPSA) is 92.8 Å². The van der Waals surface area contributed by atoms with Crippen molar-refractivity contribution in [3.63, 3.8) is 0 Å². The number of ether oxygens (including phenoxy) is 3. The summed E-state index contributed by atoms with van der Waals surface area (Å²) in [6.07, 6.45) is 0. The molecule has 0 spiro atoms. The maximum atomic E-state index is 13.3. The average Bonchev–Trinajstić information content (AvgIpc) is 3.16. The molecule has 0 amide bonds. The molecule has 1 aliphatic rings. The third-order valence-electron chi connectivity index (χ3n) is 5.64. The van der Waals surface area contributed by atoms with Crippen LogP contribution in [0.5, 0.6) is 11.5 Å². The molecule has 4 rings (SSSR count). The van der Waals surface area contributed by atoms with Crippen molar-refractivity contribution >= 4 is 22.8 Å². The first-order valence-corrected chi connectivity index (χ1v) is 10.1. The zero-order valence-corrected chi connectivity index (χ0v) is 18.4. The Morgan fingerprint density at radius 1 is 1.13 bits per heavy atom. The van der Waals surface area contributed by atoms with E-state index in [4.69, 9.17) is 19.2 Å². The van der Waals surface area contributed by atoms with Crippen LogP contribution in [0.4, 0.5) is 11.6 Å². The second-order valence-corrected chi connectivity index (χ2v) is 7.74. The molecular weight excluding hydrogens is 402 g/mol. The minimum Gasteiger partial charge on any atom is -0.497 e. The number of aromatic nitrogens is 4. The predicted octanol–water partition coefficient (Wildman–Crippen LogP) is 1.35. The lowest BCUT2D eigenvalue weighted by Crippen LogP contribution is -2.41. The smallest absolute Gasteiger partial charge is 0.332 e. The van der Waals surface area contributed by atoms with E-state index in [1.165, 1.54) is 16.2 Å². The number of benzene rings is 1. The van der Waals surface area contributed by atoms with Crippen LogP contribution in [0.3, 0.4) is 0 Å². The fourth-order valence-corrected chi connectivity index (χ4v) is 4.10. The molecule has 1 atom stereocenters. The summed E-state index contributed by atoms with van der Waals surface area (Å²) in [4.78, 5) is 32.8. The Kier molecular flexibility index (Phi) is 5.48. The summed E-state index contributed by atoms with van der Waals surface area (Å²) in [6, 6.07) is 5.56. The number of anilines is 2. The van der Waals surface area contributed by atoms with Gasteiger partial charge in [0.05, 0.1) is 33.1 Å². The lowest BCUT2D eigenvalue weighted by Gasteiger charge is -2.33. The van der Waals surface area contributed by atoms with Crippen molar-refractivity contribution in [2.75, 3.05) is 39.4 Å². The lowest BCUT2D eigenvalue weighted by atomic mass is 10.1. The van der Waals surface area contributed by atoms with Crippen LogP contribution < -0.4 is 25.6 Å². The zero-order valence-electron chi connectivity index (χ0n) is 18.4. The van der Waals surface area contributed by atoms with Crippen molar-refractivity contribution in [1.29, 1.82) is 0 Å². The molecule has 0 unspecified atom stereocenters. The highest BCUT2D eigenvalue weighted by Crippen LogP contribution is 2.39. The molecule has 1 aromatic carbocycles. The van der Waals surface area contributed by atoms with E-state index in [1.54, 1.807) is 21.3 Å². The van der Waals surface area contributed by atoms with Gasteiger partial charge in [0.25, 0.3) is 5.56 Å². The highest BCUT2D eigenvalue weighted by molar-refractivity contribution is 5.78. The molecule has 0 fully saturated rings. The molecule has 31 heavy (non-hydrogen) atoms. The van der Waals surface area contributed by atoms with Crippen LogP contribution in [0.1, 0.15) is 6.92 Å². The molecule has 2 aromatic heterocycles. The Labute approximate surface area is 179 Å². The molecule has 1 aliphatic heterocycles. The number of methoxy groups -OCH3 is 3. The summed E-state index contributed by atoms with van der Waals surface area (Å²) in [5.74, 6) is 2.17. The monoisotopic (exact) mass is 429 g/mol. The molecule has 0 saturated carbocycles. The van der Waals surface area contributed by atoms with Gasteiger partial charge in [-0.3, -0.25) is 13.9 Å². The molecule has 0 aliphatic carbocycles. The van der Waals surface area contributed by atoms with Crippen molar-refractivity contribution in [2.24, 2.45) is 13.0 Å². The molecule has 10 heteroatoms. The Morgan fingerprint density at radius 2 is 1.90 bits per heavy atom. The van der Waals surface area contributed by atoms with Crippen molar-refractivity contribution < 1.29 is 14.2 Å². The minimum atomic E-state index is -0.413. The third kappa shape index (κ3) is 3.36. The molecule has 0 radical (unpaired) electrons. The van der Waals surface area contributed by atoms with Gasteiger partial charge in [0.1, 0.15) is 11.5 Å². The summed E-state index contributed by atoms with van der Waals surface area (Å²) in [5.41, 5.74) is 0.782. The Balaban J connectivity index is 1.99.